The second-order valence-corrected chi connectivity index (χ2v) is 5.56. The maximum Gasteiger partial charge on any atom is 0.446 e. The highest BCUT2D eigenvalue weighted by Crippen LogP contribution is 2.33. The molecule has 0 bridgehead atoms. The molecule has 0 fully saturated rings. The summed E-state index contributed by atoms with van der Waals surface area (Å²) in [6.07, 6.45) is 1.41. The van der Waals surface area contributed by atoms with Gasteiger partial charge in [-0.2, -0.15) is 16.8 Å². The minimum Gasteiger partial charge on any atom is -0.358 e. The molecule has 11 heteroatoms. The molecule has 0 unspecified atom stereocenters. The highest BCUT2D eigenvalue weighted by Gasteiger charge is 2.18. The van der Waals surface area contributed by atoms with E-state index in [2.05, 4.69) is 13.4 Å². The molecule has 0 amide bonds. The van der Waals surface area contributed by atoms with Gasteiger partial charge in [0.05, 0.1) is 5.52 Å². The SMILES string of the molecule is O=S(=O)(O)Oc1cc2cccnc2cc1OS(=O)(=O)O. The highest BCUT2D eigenvalue weighted by atomic mass is 32.3. The lowest BCUT2D eigenvalue weighted by Gasteiger charge is -2.09. The standard InChI is InChI=1S/C9H7NO8S2/c11-19(12,13)17-8-4-6-2-1-3-10-7(6)5-9(8)18-20(14,15)16/h1-5H,(H,11,12,13)(H,14,15,16). The zero-order valence-electron chi connectivity index (χ0n) is 9.49. The number of pyridine rings is 1. The molecule has 0 spiro atoms. The van der Waals surface area contributed by atoms with Crippen molar-refractivity contribution in [2.75, 3.05) is 0 Å². The Balaban J connectivity index is 2.64. The number of benzene rings is 1. The Morgan fingerprint density at radius 2 is 1.50 bits per heavy atom. The van der Waals surface area contributed by atoms with E-state index < -0.39 is 32.3 Å². The van der Waals surface area contributed by atoms with Crippen LogP contribution in [-0.4, -0.2) is 30.9 Å². The Morgan fingerprint density at radius 3 is 2.05 bits per heavy atom. The van der Waals surface area contributed by atoms with Crippen LogP contribution in [0, 0.1) is 0 Å². The molecule has 2 rings (SSSR count). The van der Waals surface area contributed by atoms with Crippen molar-refractivity contribution in [1.29, 1.82) is 0 Å². The van der Waals surface area contributed by atoms with Crippen molar-refractivity contribution in [1.82, 2.24) is 4.98 Å². The van der Waals surface area contributed by atoms with Crippen molar-refractivity contribution in [3.05, 3.63) is 30.5 Å². The first-order chi connectivity index (χ1) is 9.14. The van der Waals surface area contributed by atoms with Gasteiger partial charge in [0.25, 0.3) is 0 Å². The summed E-state index contributed by atoms with van der Waals surface area (Å²) in [4.78, 5) is 3.89. The molecular weight excluding hydrogens is 314 g/mol. The zero-order chi connectivity index (χ0) is 15.0. The molecule has 2 N–H and O–H groups in total. The van der Waals surface area contributed by atoms with Crippen LogP contribution in [0.4, 0.5) is 0 Å². The Bertz CT molecular complexity index is 786. The van der Waals surface area contributed by atoms with Gasteiger partial charge in [-0.05, 0) is 12.1 Å². The molecule has 0 aliphatic carbocycles. The van der Waals surface area contributed by atoms with Crippen molar-refractivity contribution in [2.24, 2.45) is 0 Å². The number of hydrogen-bond acceptors (Lipinski definition) is 7. The summed E-state index contributed by atoms with van der Waals surface area (Å²) in [5.41, 5.74) is 0.258. The number of rotatable bonds is 4. The van der Waals surface area contributed by atoms with Crippen LogP contribution in [0.25, 0.3) is 10.9 Å². The number of nitrogens with zero attached hydrogens (tertiary/aromatic N) is 1. The highest BCUT2D eigenvalue weighted by molar-refractivity contribution is 7.81. The molecule has 1 aromatic heterocycles. The summed E-state index contributed by atoms with van der Waals surface area (Å²) < 4.78 is 68.4. The van der Waals surface area contributed by atoms with E-state index in [0.29, 0.717) is 5.39 Å². The average Bonchev–Trinajstić information content (AvgIpc) is 2.26. The molecule has 2 aromatic rings. The Morgan fingerprint density at radius 1 is 0.950 bits per heavy atom. The molecule has 0 saturated heterocycles. The van der Waals surface area contributed by atoms with Gasteiger partial charge in [-0.1, -0.05) is 6.07 Å². The van der Waals surface area contributed by atoms with Crippen molar-refractivity contribution in [2.45, 2.75) is 0 Å². The molecule has 20 heavy (non-hydrogen) atoms. The molecular formula is C9H7NO8S2. The topological polar surface area (TPSA) is 140 Å². The summed E-state index contributed by atoms with van der Waals surface area (Å²) in [7, 11) is -9.81. The van der Waals surface area contributed by atoms with E-state index in [-0.39, 0.29) is 5.52 Å². The van der Waals surface area contributed by atoms with Gasteiger partial charge in [0.2, 0.25) is 0 Å². The van der Waals surface area contributed by atoms with Gasteiger partial charge < -0.3 is 8.37 Å². The van der Waals surface area contributed by atoms with E-state index in [1.165, 1.54) is 12.3 Å². The zero-order valence-corrected chi connectivity index (χ0v) is 11.1. The van der Waals surface area contributed by atoms with Crippen LogP contribution in [-0.2, 0) is 20.8 Å². The number of aromatic nitrogens is 1. The summed E-state index contributed by atoms with van der Waals surface area (Å²) in [5.74, 6) is -1.26. The van der Waals surface area contributed by atoms with E-state index >= 15 is 0 Å². The Labute approximate surface area is 113 Å². The number of hydrogen-bond donors (Lipinski definition) is 2. The molecule has 0 saturated carbocycles. The summed E-state index contributed by atoms with van der Waals surface area (Å²) >= 11 is 0. The first kappa shape index (κ1) is 14.5. The lowest BCUT2D eigenvalue weighted by atomic mass is 10.2. The van der Waals surface area contributed by atoms with Crippen LogP contribution >= 0.6 is 0 Å². The monoisotopic (exact) mass is 321 g/mol. The summed E-state index contributed by atoms with van der Waals surface area (Å²) in [5, 5.41) is 0.397. The van der Waals surface area contributed by atoms with Crippen LogP contribution in [0.2, 0.25) is 0 Å². The van der Waals surface area contributed by atoms with Gasteiger partial charge in [-0.3, -0.25) is 14.1 Å². The quantitative estimate of drug-likeness (QED) is 0.774. The molecule has 0 atom stereocenters. The fourth-order valence-electron chi connectivity index (χ4n) is 1.44. The molecule has 108 valence electrons. The van der Waals surface area contributed by atoms with E-state index in [1.807, 2.05) is 0 Å². The predicted octanol–water partition coefficient (Wildman–Crippen LogP) is 0.598. The third kappa shape index (κ3) is 3.77. The molecule has 1 heterocycles. The second-order valence-electron chi connectivity index (χ2n) is 3.52. The van der Waals surface area contributed by atoms with Gasteiger partial charge in [0.1, 0.15) is 0 Å². The van der Waals surface area contributed by atoms with Gasteiger partial charge in [-0.15, -0.1) is 0 Å². The van der Waals surface area contributed by atoms with E-state index in [9.17, 15) is 16.8 Å². The molecule has 0 aliphatic rings. The van der Waals surface area contributed by atoms with Gasteiger partial charge in [-0.25, -0.2) is 0 Å². The molecule has 9 nitrogen and oxygen atoms in total. The maximum absolute atomic E-state index is 10.7. The molecule has 0 radical (unpaired) electrons. The van der Waals surface area contributed by atoms with Crippen LogP contribution in [0.15, 0.2) is 30.5 Å². The Kier molecular flexibility index (Phi) is 3.52. The third-order valence-electron chi connectivity index (χ3n) is 2.06. The minimum absolute atomic E-state index is 0.258. The lowest BCUT2D eigenvalue weighted by molar-refractivity contribution is 0.361. The van der Waals surface area contributed by atoms with Crippen molar-refractivity contribution >= 4 is 31.7 Å². The van der Waals surface area contributed by atoms with Crippen LogP contribution in [0.5, 0.6) is 11.5 Å². The third-order valence-corrected chi connectivity index (χ3v) is 2.84. The van der Waals surface area contributed by atoms with E-state index in [4.69, 9.17) is 9.11 Å². The fraction of sp³-hybridized carbons (Fsp3) is 0. The second kappa shape index (κ2) is 4.86. The van der Waals surface area contributed by atoms with E-state index in [1.54, 1.807) is 6.07 Å². The fourth-order valence-corrected chi connectivity index (χ4v) is 2.15. The molecule has 1 aromatic carbocycles. The van der Waals surface area contributed by atoms with Gasteiger partial charge >= 0.3 is 20.8 Å². The summed E-state index contributed by atoms with van der Waals surface area (Å²) in [6.45, 7) is 0. The van der Waals surface area contributed by atoms with Gasteiger partial charge in [0, 0.05) is 17.6 Å². The minimum atomic E-state index is -4.91. The smallest absolute Gasteiger partial charge is 0.358 e. The predicted molar refractivity (Wildman–Crippen MR) is 66.1 cm³/mol. The first-order valence-corrected chi connectivity index (χ1v) is 7.60. The van der Waals surface area contributed by atoms with Crippen LogP contribution < -0.4 is 8.37 Å². The van der Waals surface area contributed by atoms with Crippen molar-refractivity contribution < 1.29 is 34.3 Å². The van der Waals surface area contributed by atoms with E-state index in [0.717, 1.165) is 12.1 Å². The first-order valence-electron chi connectivity index (χ1n) is 4.87. The summed E-state index contributed by atoms with van der Waals surface area (Å²) in [6, 6.07) is 5.19. The van der Waals surface area contributed by atoms with Crippen LogP contribution in [0.1, 0.15) is 0 Å². The largest absolute Gasteiger partial charge is 0.446 e. The normalized spacial score (nSPS) is 12.3. The molecule has 0 aliphatic heterocycles. The maximum atomic E-state index is 10.7. The number of fused-ring (bicyclic) bond motifs is 1. The Hall–Kier alpha value is -1.95. The average molecular weight is 321 g/mol. The lowest BCUT2D eigenvalue weighted by Crippen LogP contribution is -2.11. The van der Waals surface area contributed by atoms with Crippen LogP contribution in [0.3, 0.4) is 0 Å². The van der Waals surface area contributed by atoms with Crippen molar-refractivity contribution in [3.8, 4) is 11.5 Å². The van der Waals surface area contributed by atoms with Gasteiger partial charge in [0.15, 0.2) is 11.5 Å². The van der Waals surface area contributed by atoms with Crippen molar-refractivity contribution in [3.63, 3.8) is 0 Å².